The molecule has 20 heavy (non-hydrogen) atoms. The third-order valence-electron chi connectivity index (χ3n) is 2.50. The number of hydrogen-bond acceptors (Lipinski definition) is 3. The Balaban J connectivity index is 1.94. The highest BCUT2D eigenvalue weighted by Gasteiger charge is 1.99. The number of carbonyl (C=O) groups is 1. The molecule has 5 heteroatoms. The lowest BCUT2D eigenvalue weighted by molar-refractivity contribution is -0.111. The maximum Gasteiger partial charge on any atom is 0.248 e. The molecule has 0 unspecified atom stereocenters. The van der Waals surface area contributed by atoms with E-state index in [0.29, 0.717) is 16.4 Å². The molecular formula is C15H11ClN2OS. The number of nitrogens with zero attached hydrogens (tertiary/aromatic N) is 1. The van der Waals surface area contributed by atoms with E-state index in [1.54, 1.807) is 24.3 Å². The first kappa shape index (κ1) is 14.3. The Kier molecular flexibility index (Phi) is 4.94. The van der Waals surface area contributed by atoms with Crippen molar-refractivity contribution in [1.82, 2.24) is 0 Å². The molecule has 0 saturated carbocycles. The zero-order chi connectivity index (χ0) is 14.4. The molecule has 0 radical (unpaired) electrons. The van der Waals surface area contributed by atoms with Gasteiger partial charge in [-0.05, 0) is 35.9 Å². The van der Waals surface area contributed by atoms with Crippen LogP contribution < -0.4 is 5.32 Å². The van der Waals surface area contributed by atoms with Crippen molar-refractivity contribution in [2.45, 2.75) is 6.42 Å². The van der Waals surface area contributed by atoms with E-state index in [4.69, 9.17) is 16.9 Å². The van der Waals surface area contributed by atoms with Gasteiger partial charge in [0.25, 0.3) is 0 Å². The fourth-order valence-electron chi connectivity index (χ4n) is 1.56. The number of hydrogen-bond donors (Lipinski definition) is 1. The number of carbonyl (C=O) groups excluding carboxylic acids is 1. The monoisotopic (exact) mass is 302 g/mol. The second kappa shape index (κ2) is 6.90. The number of benzene rings is 1. The first-order chi connectivity index (χ1) is 9.67. The topological polar surface area (TPSA) is 52.9 Å². The smallest absolute Gasteiger partial charge is 0.248 e. The van der Waals surface area contributed by atoms with Gasteiger partial charge < -0.3 is 5.32 Å². The molecule has 0 aliphatic rings. The summed E-state index contributed by atoms with van der Waals surface area (Å²) >= 11 is 7.22. The van der Waals surface area contributed by atoms with E-state index in [-0.39, 0.29) is 5.91 Å². The molecular weight excluding hydrogens is 292 g/mol. The normalized spacial score (nSPS) is 10.4. The van der Waals surface area contributed by atoms with Crippen molar-refractivity contribution in [3.05, 3.63) is 57.3 Å². The lowest BCUT2D eigenvalue weighted by Gasteiger charge is -2.02. The molecule has 0 aliphatic carbocycles. The number of anilines is 1. The fraction of sp³-hybridized carbons (Fsp3) is 0.0667. The maximum atomic E-state index is 11.7. The van der Waals surface area contributed by atoms with E-state index >= 15 is 0 Å². The Hall–Kier alpha value is -2.09. The van der Waals surface area contributed by atoms with Gasteiger partial charge in [-0.25, -0.2) is 0 Å². The van der Waals surface area contributed by atoms with Crippen molar-refractivity contribution in [2.24, 2.45) is 0 Å². The summed E-state index contributed by atoms with van der Waals surface area (Å²) in [5, 5.41) is 11.3. The van der Waals surface area contributed by atoms with Crippen LogP contribution in [0.3, 0.4) is 0 Å². The van der Waals surface area contributed by atoms with Gasteiger partial charge in [0.2, 0.25) is 5.91 Å². The molecule has 1 heterocycles. The van der Waals surface area contributed by atoms with Crippen LogP contribution >= 0.6 is 22.9 Å². The molecule has 2 aromatic rings. The molecule has 0 atom stereocenters. The largest absolute Gasteiger partial charge is 0.323 e. The number of nitriles is 1. The van der Waals surface area contributed by atoms with Gasteiger partial charge in [0.05, 0.1) is 16.8 Å². The predicted octanol–water partition coefficient (Wildman–Crippen LogP) is 4.12. The third-order valence-corrected chi connectivity index (χ3v) is 3.69. The average Bonchev–Trinajstić information content (AvgIpc) is 2.85. The van der Waals surface area contributed by atoms with Gasteiger partial charge in [-0.15, -0.1) is 11.3 Å². The highest BCUT2D eigenvalue weighted by Crippen LogP contribution is 2.22. The van der Waals surface area contributed by atoms with E-state index < -0.39 is 0 Å². The number of rotatable bonds is 4. The first-order valence-corrected chi connectivity index (χ1v) is 7.07. The summed E-state index contributed by atoms with van der Waals surface area (Å²) < 4.78 is 0.693. The van der Waals surface area contributed by atoms with Crippen molar-refractivity contribution >= 4 is 40.6 Å². The fourth-order valence-corrected chi connectivity index (χ4v) is 2.52. The average molecular weight is 303 g/mol. The number of thiophene rings is 1. The Morgan fingerprint density at radius 3 is 2.65 bits per heavy atom. The van der Waals surface area contributed by atoms with Crippen molar-refractivity contribution in [3.8, 4) is 6.07 Å². The molecule has 0 spiro atoms. The molecule has 1 N–H and O–H groups in total. The molecule has 2 rings (SSSR count). The minimum absolute atomic E-state index is 0.206. The van der Waals surface area contributed by atoms with Crippen molar-refractivity contribution in [2.75, 3.05) is 5.32 Å². The molecule has 0 fully saturated rings. The molecule has 0 aliphatic heterocycles. The Bertz CT molecular complexity index is 668. The summed E-state index contributed by atoms with van der Waals surface area (Å²) in [5.74, 6) is -0.206. The van der Waals surface area contributed by atoms with Crippen LogP contribution in [-0.2, 0) is 11.2 Å². The van der Waals surface area contributed by atoms with Crippen LogP contribution in [0.1, 0.15) is 10.4 Å². The first-order valence-electron chi connectivity index (χ1n) is 5.87. The summed E-state index contributed by atoms with van der Waals surface area (Å²) in [6, 6.07) is 12.9. The molecule has 1 aromatic heterocycles. The minimum atomic E-state index is -0.206. The van der Waals surface area contributed by atoms with Crippen LogP contribution in [0.5, 0.6) is 0 Å². The quantitative estimate of drug-likeness (QED) is 0.864. The van der Waals surface area contributed by atoms with Crippen molar-refractivity contribution in [1.29, 1.82) is 5.26 Å². The highest BCUT2D eigenvalue weighted by atomic mass is 35.5. The summed E-state index contributed by atoms with van der Waals surface area (Å²) in [7, 11) is 0. The highest BCUT2D eigenvalue weighted by molar-refractivity contribution is 7.17. The SMILES string of the molecule is N#CCc1ccc(NC(=O)/C=C/c2ccc(Cl)s2)cc1. The van der Waals surface area contributed by atoms with E-state index in [1.165, 1.54) is 17.4 Å². The van der Waals surface area contributed by atoms with Gasteiger partial charge in [-0.3, -0.25) is 4.79 Å². The standard InChI is InChI=1S/C15H11ClN2OS/c16-14-7-5-13(20-14)6-8-15(19)18-12-3-1-11(2-4-12)9-10-17/h1-8H,9H2,(H,18,19)/b8-6+. The zero-order valence-electron chi connectivity index (χ0n) is 10.5. The molecule has 1 aromatic carbocycles. The van der Waals surface area contributed by atoms with Crippen LogP contribution in [0.25, 0.3) is 6.08 Å². The number of halogens is 1. The molecule has 0 bridgehead atoms. The Morgan fingerprint density at radius 1 is 1.30 bits per heavy atom. The minimum Gasteiger partial charge on any atom is -0.323 e. The van der Waals surface area contributed by atoms with Gasteiger partial charge in [0.15, 0.2) is 0 Å². The zero-order valence-corrected chi connectivity index (χ0v) is 12.0. The van der Waals surface area contributed by atoms with E-state index in [2.05, 4.69) is 11.4 Å². The van der Waals surface area contributed by atoms with Gasteiger partial charge in [0, 0.05) is 16.6 Å². The van der Waals surface area contributed by atoms with Crippen LogP contribution in [0.15, 0.2) is 42.5 Å². The van der Waals surface area contributed by atoms with Crippen molar-refractivity contribution in [3.63, 3.8) is 0 Å². The second-order valence-corrected chi connectivity index (χ2v) is 5.74. The summed E-state index contributed by atoms with van der Waals surface area (Å²) in [5.41, 5.74) is 1.62. The summed E-state index contributed by atoms with van der Waals surface area (Å²) in [4.78, 5) is 12.7. The molecule has 3 nitrogen and oxygen atoms in total. The van der Waals surface area contributed by atoms with Gasteiger partial charge >= 0.3 is 0 Å². The molecule has 0 saturated heterocycles. The third kappa shape index (κ3) is 4.23. The van der Waals surface area contributed by atoms with E-state index in [1.807, 2.05) is 18.2 Å². The van der Waals surface area contributed by atoms with E-state index in [9.17, 15) is 4.79 Å². The van der Waals surface area contributed by atoms with Crippen LogP contribution in [0.2, 0.25) is 4.34 Å². The van der Waals surface area contributed by atoms with E-state index in [0.717, 1.165) is 10.4 Å². The second-order valence-electron chi connectivity index (χ2n) is 4.00. The lowest BCUT2D eigenvalue weighted by Crippen LogP contribution is -2.07. The van der Waals surface area contributed by atoms with Crippen LogP contribution in [0.4, 0.5) is 5.69 Å². The van der Waals surface area contributed by atoms with Gasteiger partial charge in [-0.2, -0.15) is 5.26 Å². The Labute approximate surface area is 126 Å². The molecule has 1 amide bonds. The van der Waals surface area contributed by atoms with Crippen molar-refractivity contribution < 1.29 is 4.79 Å². The Morgan fingerprint density at radius 2 is 2.05 bits per heavy atom. The molecule has 100 valence electrons. The summed E-state index contributed by atoms with van der Waals surface area (Å²) in [6.45, 7) is 0. The van der Waals surface area contributed by atoms with Gasteiger partial charge in [-0.1, -0.05) is 23.7 Å². The summed E-state index contributed by atoms with van der Waals surface area (Å²) in [6.07, 6.45) is 3.55. The van der Waals surface area contributed by atoms with Gasteiger partial charge in [0.1, 0.15) is 0 Å². The number of amides is 1. The lowest BCUT2D eigenvalue weighted by atomic mass is 10.1. The number of nitrogens with one attached hydrogen (secondary N) is 1. The maximum absolute atomic E-state index is 11.7. The predicted molar refractivity (Wildman–Crippen MR) is 82.8 cm³/mol. The van der Waals surface area contributed by atoms with Crippen LogP contribution in [-0.4, -0.2) is 5.91 Å². The van der Waals surface area contributed by atoms with Crippen LogP contribution in [0, 0.1) is 11.3 Å².